The molecule has 0 unspecified atom stereocenters. The molecule has 4 heteroatoms. The van der Waals surface area contributed by atoms with E-state index >= 15 is 0 Å². The van der Waals surface area contributed by atoms with Gasteiger partial charge in [0.05, 0.1) is 4.90 Å². The van der Waals surface area contributed by atoms with E-state index in [-0.39, 0.29) is 4.90 Å². The first kappa shape index (κ1) is 17.0. The summed E-state index contributed by atoms with van der Waals surface area (Å²) in [6.07, 6.45) is 3.54. The standard InChI is InChI=1S/C18H21ClO2S/c1-3-8-14-12-16(9-4-2)18(22(19,20)21)17(13-14)15-10-6-5-7-11-15/h5-7,10-13H,3-4,8-9H2,1-2H3. The van der Waals surface area contributed by atoms with Crippen LogP contribution in [0.25, 0.3) is 11.1 Å². The minimum atomic E-state index is -3.79. The van der Waals surface area contributed by atoms with Gasteiger partial charge in [-0.15, -0.1) is 0 Å². The molecule has 2 aromatic rings. The van der Waals surface area contributed by atoms with Crippen LogP contribution < -0.4 is 0 Å². The number of benzene rings is 2. The van der Waals surface area contributed by atoms with Crippen molar-refractivity contribution in [1.29, 1.82) is 0 Å². The molecule has 0 N–H and O–H groups in total. The molecular formula is C18H21ClO2S. The molecule has 22 heavy (non-hydrogen) atoms. The van der Waals surface area contributed by atoms with Gasteiger partial charge in [0.1, 0.15) is 0 Å². The van der Waals surface area contributed by atoms with Crippen LogP contribution in [-0.4, -0.2) is 8.42 Å². The Hall–Kier alpha value is -1.32. The normalized spacial score (nSPS) is 11.6. The summed E-state index contributed by atoms with van der Waals surface area (Å²) in [6.45, 7) is 4.16. The zero-order chi connectivity index (χ0) is 16.2. The van der Waals surface area contributed by atoms with Gasteiger partial charge in [0.25, 0.3) is 9.05 Å². The highest BCUT2D eigenvalue weighted by molar-refractivity contribution is 8.13. The van der Waals surface area contributed by atoms with Gasteiger partial charge < -0.3 is 0 Å². The summed E-state index contributed by atoms with van der Waals surface area (Å²) in [5.41, 5.74) is 3.58. The van der Waals surface area contributed by atoms with Gasteiger partial charge in [0.2, 0.25) is 0 Å². The smallest absolute Gasteiger partial charge is 0.207 e. The first-order valence-electron chi connectivity index (χ1n) is 7.63. The zero-order valence-corrected chi connectivity index (χ0v) is 14.5. The molecule has 0 amide bonds. The summed E-state index contributed by atoms with van der Waals surface area (Å²) in [4.78, 5) is 0.266. The van der Waals surface area contributed by atoms with E-state index in [4.69, 9.17) is 10.7 Å². The SMILES string of the molecule is CCCc1cc(CCC)c(S(=O)(=O)Cl)c(-c2ccccc2)c1. The third kappa shape index (κ3) is 3.90. The van der Waals surface area contributed by atoms with Crippen molar-refractivity contribution in [2.75, 3.05) is 0 Å². The second kappa shape index (κ2) is 7.30. The largest absolute Gasteiger partial charge is 0.262 e. The zero-order valence-electron chi connectivity index (χ0n) is 13.0. The maximum Gasteiger partial charge on any atom is 0.262 e. The molecule has 0 radical (unpaired) electrons. The number of halogens is 1. The van der Waals surface area contributed by atoms with Crippen molar-refractivity contribution in [3.63, 3.8) is 0 Å². The van der Waals surface area contributed by atoms with Crippen LogP contribution in [0.1, 0.15) is 37.8 Å². The Labute approximate surface area is 137 Å². The fourth-order valence-electron chi connectivity index (χ4n) is 2.76. The highest BCUT2D eigenvalue weighted by atomic mass is 35.7. The van der Waals surface area contributed by atoms with Gasteiger partial charge in [-0.3, -0.25) is 0 Å². The van der Waals surface area contributed by atoms with Crippen LogP contribution in [0.3, 0.4) is 0 Å². The number of aryl methyl sites for hydroxylation is 2. The van der Waals surface area contributed by atoms with E-state index in [1.54, 1.807) is 0 Å². The lowest BCUT2D eigenvalue weighted by Gasteiger charge is -2.15. The molecule has 0 saturated carbocycles. The minimum absolute atomic E-state index is 0.266. The number of hydrogen-bond donors (Lipinski definition) is 0. The van der Waals surface area contributed by atoms with Crippen molar-refractivity contribution in [1.82, 2.24) is 0 Å². The molecule has 0 heterocycles. The molecule has 2 rings (SSSR count). The second-order valence-electron chi connectivity index (χ2n) is 5.44. The summed E-state index contributed by atoms with van der Waals surface area (Å²) in [7, 11) is 1.96. The van der Waals surface area contributed by atoms with E-state index in [0.29, 0.717) is 12.0 Å². The van der Waals surface area contributed by atoms with E-state index in [1.807, 2.05) is 49.4 Å². The van der Waals surface area contributed by atoms with Crippen LogP contribution in [-0.2, 0) is 21.9 Å². The van der Waals surface area contributed by atoms with Crippen LogP contribution in [0, 0.1) is 0 Å². The van der Waals surface area contributed by atoms with Crippen molar-refractivity contribution >= 4 is 19.7 Å². The van der Waals surface area contributed by atoms with Crippen molar-refractivity contribution in [2.24, 2.45) is 0 Å². The lowest BCUT2D eigenvalue weighted by Crippen LogP contribution is -2.03. The van der Waals surface area contributed by atoms with Crippen LogP contribution in [0.15, 0.2) is 47.4 Å². The van der Waals surface area contributed by atoms with E-state index in [1.165, 1.54) is 0 Å². The molecule has 2 aromatic carbocycles. The Bertz CT molecular complexity index is 737. The predicted molar refractivity (Wildman–Crippen MR) is 92.9 cm³/mol. The van der Waals surface area contributed by atoms with Crippen molar-refractivity contribution in [3.8, 4) is 11.1 Å². The van der Waals surface area contributed by atoms with Gasteiger partial charge in [-0.05, 0) is 35.6 Å². The number of hydrogen-bond acceptors (Lipinski definition) is 2. The first-order chi connectivity index (χ1) is 10.5. The first-order valence-corrected chi connectivity index (χ1v) is 9.94. The summed E-state index contributed by atoms with van der Waals surface area (Å²) < 4.78 is 24.3. The van der Waals surface area contributed by atoms with Crippen LogP contribution >= 0.6 is 10.7 Å². The van der Waals surface area contributed by atoms with Crippen molar-refractivity contribution in [3.05, 3.63) is 53.6 Å². The quantitative estimate of drug-likeness (QED) is 0.680. The van der Waals surface area contributed by atoms with Gasteiger partial charge in [0, 0.05) is 16.2 Å². The van der Waals surface area contributed by atoms with Crippen molar-refractivity contribution in [2.45, 2.75) is 44.4 Å². The van der Waals surface area contributed by atoms with Gasteiger partial charge in [-0.25, -0.2) is 8.42 Å². The van der Waals surface area contributed by atoms with Crippen LogP contribution in [0.2, 0.25) is 0 Å². The monoisotopic (exact) mass is 336 g/mol. The van der Waals surface area contributed by atoms with Crippen LogP contribution in [0.4, 0.5) is 0 Å². The predicted octanol–water partition coefficient (Wildman–Crippen LogP) is 5.19. The molecule has 2 nitrogen and oxygen atoms in total. The average Bonchev–Trinajstić information content (AvgIpc) is 2.47. The second-order valence-corrected chi connectivity index (χ2v) is 7.94. The van der Waals surface area contributed by atoms with E-state index in [2.05, 4.69) is 6.92 Å². The third-order valence-electron chi connectivity index (χ3n) is 3.61. The molecule has 0 bridgehead atoms. The maximum atomic E-state index is 12.2. The van der Waals surface area contributed by atoms with Gasteiger partial charge in [0.15, 0.2) is 0 Å². The summed E-state index contributed by atoms with van der Waals surface area (Å²) in [6, 6.07) is 13.5. The summed E-state index contributed by atoms with van der Waals surface area (Å²) in [5, 5.41) is 0. The molecule has 0 aliphatic heterocycles. The molecule has 118 valence electrons. The van der Waals surface area contributed by atoms with E-state index in [9.17, 15) is 8.42 Å². The molecule has 0 spiro atoms. The van der Waals surface area contributed by atoms with Crippen molar-refractivity contribution < 1.29 is 8.42 Å². The number of rotatable bonds is 6. The Morgan fingerprint density at radius 3 is 2.14 bits per heavy atom. The van der Waals surface area contributed by atoms with Gasteiger partial charge in [-0.2, -0.15) is 0 Å². The molecule has 0 aliphatic carbocycles. The van der Waals surface area contributed by atoms with Gasteiger partial charge >= 0.3 is 0 Å². The van der Waals surface area contributed by atoms with Gasteiger partial charge in [-0.1, -0.05) is 63.1 Å². The fourth-order valence-corrected chi connectivity index (χ4v) is 4.22. The third-order valence-corrected chi connectivity index (χ3v) is 5.04. The lowest BCUT2D eigenvalue weighted by molar-refractivity contribution is 0.608. The topological polar surface area (TPSA) is 34.1 Å². The molecule has 0 fully saturated rings. The fraction of sp³-hybridized carbons (Fsp3) is 0.333. The Morgan fingerprint density at radius 1 is 0.955 bits per heavy atom. The molecule has 0 aliphatic rings. The lowest BCUT2D eigenvalue weighted by atomic mass is 9.96. The van der Waals surface area contributed by atoms with E-state index in [0.717, 1.165) is 36.0 Å². The molecular weight excluding hydrogens is 316 g/mol. The molecule has 0 saturated heterocycles. The summed E-state index contributed by atoms with van der Waals surface area (Å²) in [5.74, 6) is 0. The Kier molecular flexibility index (Phi) is 5.65. The van der Waals surface area contributed by atoms with E-state index < -0.39 is 9.05 Å². The highest BCUT2D eigenvalue weighted by Crippen LogP contribution is 2.34. The maximum absolute atomic E-state index is 12.2. The minimum Gasteiger partial charge on any atom is -0.207 e. The Morgan fingerprint density at radius 2 is 1.59 bits per heavy atom. The Balaban J connectivity index is 2.77. The molecule has 0 aromatic heterocycles. The summed E-state index contributed by atoms with van der Waals surface area (Å²) >= 11 is 0. The highest BCUT2D eigenvalue weighted by Gasteiger charge is 2.22. The van der Waals surface area contributed by atoms with Crippen LogP contribution in [0.5, 0.6) is 0 Å². The molecule has 0 atom stereocenters. The average molecular weight is 337 g/mol.